The van der Waals surface area contributed by atoms with Crippen LogP contribution in [0.2, 0.25) is 0 Å². The lowest BCUT2D eigenvalue weighted by atomic mass is 10.1. The van der Waals surface area contributed by atoms with Gasteiger partial charge in [-0.25, -0.2) is 0 Å². The zero-order valence-corrected chi connectivity index (χ0v) is 15.6. The molecule has 6 nitrogen and oxygen atoms in total. The molecule has 138 valence electrons. The maximum absolute atomic E-state index is 13.3. The zero-order valence-electron chi connectivity index (χ0n) is 14.8. The van der Waals surface area contributed by atoms with Gasteiger partial charge in [0.15, 0.2) is 5.16 Å². The third-order valence-electron chi connectivity index (χ3n) is 4.42. The van der Waals surface area contributed by atoms with E-state index >= 15 is 0 Å². The molecule has 1 aliphatic rings. The highest BCUT2D eigenvalue weighted by Crippen LogP contribution is 2.36. The summed E-state index contributed by atoms with van der Waals surface area (Å²) in [4.78, 5) is 15.1. The van der Waals surface area contributed by atoms with E-state index in [-0.39, 0.29) is 11.2 Å². The molecule has 0 bridgehead atoms. The van der Waals surface area contributed by atoms with E-state index in [9.17, 15) is 4.79 Å². The Hall–Kier alpha value is -2.64. The minimum absolute atomic E-state index is 0.0807. The SMILES string of the molecule is O=C(C(Sc1nncn1-c1ccccc1)c1ccccc1)N1CCOCC1. The number of para-hydroxylation sites is 1. The molecular weight excluding hydrogens is 360 g/mol. The van der Waals surface area contributed by atoms with E-state index in [0.717, 1.165) is 11.3 Å². The molecule has 1 fully saturated rings. The van der Waals surface area contributed by atoms with E-state index in [0.29, 0.717) is 31.5 Å². The summed E-state index contributed by atoms with van der Waals surface area (Å²) in [6.07, 6.45) is 1.68. The number of thioether (sulfide) groups is 1. The van der Waals surface area contributed by atoms with Gasteiger partial charge >= 0.3 is 0 Å². The van der Waals surface area contributed by atoms with E-state index < -0.39 is 0 Å². The van der Waals surface area contributed by atoms with Gasteiger partial charge in [0, 0.05) is 18.8 Å². The number of carbonyl (C=O) groups is 1. The van der Waals surface area contributed by atoms with Crippen molar-refractivity contribution in [2.75, 3.05) is 26.3 Å². The molecule has 1 aromatic heterocycles. The molecule has 1 saturated heterocycles. The summed E-state index contributed by atoms with van der Waals surface area (Å²) in [6.45, 7) is 2.40. The van der Waals surface area contributed by atoms with Crippen LogP contribution in [0.1, 0.15) is 10.8 Å². The molecule has 0 radical (unpaired) electrons. The van der Waals surface area contributed by atoms with Gasteiger partial charge in [-0.3, -0.25) is 9.36 Å². The number of ether oxygens (including phenoxy) is 1. The molecule has 3 aromatic rings. The first-order valence-electron chi connectivity index (χ1n) is 8.86. The molecule has 4 rings (SSSR count). The third-order valence-corrected chi connectivity index (χ3v) is 5.62. The van der Waals surface area contributed by atoms with Crippen LogP contribution >= 0.6 is 11.8 Å². The van der Waals surface area contributed by atoms with E-state index in [1.165, 1.54) is 11.8 Å². The largest absolute Gasteiger partial charge is 0.378 e. The molecule has 2 aromatic carbocycles. The highest BCUT2D eigenvalue weighted by molar-refractivity contribution is 8.00. The Labute approximate surface area is 162 Å². The normalized spacial score (nSPS) is 15.5. The fraction of sp³-hybridized carbons (Fsp3) is 0.250. The molecule has 1 aliphatic heterocycles. The second-order valence-electron chi connectivity index (χ2n) is 6.17. The van der Waals surface area contributed by atoms with Crippen LogP contribution in [0, 0.1) is 0 Å². The van der Waals surface area contributed by atoms with Crippen molar-refractivity contribution in [3.8, 4) is 5.69 Å². The lowest BCUT2D eigenvalue weighted by Crippen LogP contribution is -2.42. The van der Waals surface area contributed by atoms with Gasteiger partial charge in [-0.15, -0.1) is 10.2 Å². The number of rotatable bonds is 5. The number of aromatic nitrogens is 3. The summed E-state index contributed by atoms with van der Waals surface area (Å²) < 4.78 is 7.30. The van der Waals surface area contributed by atoms with Crippen molar-refractivity contribution in [2.45, 2.75) is 10.4 Å². The minimum atomic E-state index is -0.379. The third kappa shape index (κ3) is 4.04. The lowest BCUT2D eigenvalue weighted by molar-refractivity contribution is -0.134. The maximum atomic E-state index is 13.3. The van der Waals surface area contributed by atoms with Crippen LogP contribution in [0.4, 0.5) is 0 Å². The molecule has 1 amide bonds. The molecule has 0 aliphatic carbocycles. The molecule has 0 spiro atoms. The predicted octanol–water partition coefficient (Wildman–Crippen LogP) is 2.96. The van der Waals surface area contributed by atoms with Gasteiger partial charge in [0.05, 0.1) is 13.2 Å². The van der Waals surface area contributed by atoms with Crippen molar-refractivity contribution < 1.29 is 9.53 Å². The monoisotopic (exact) mass is 380 g/mol. The Morgan fingerprint density at radius 3 is 2.37 bits per heavy atom. The number of hydrogen-bond donors (Lipinski definition) is 0. The topological polar surface area (TPSA) is 60.2 Å². The Bertz CT molecular complexity index is 879. The number of amides is 1. The van der Waals surface area contributed by atoms with Crippen molar-refractivity contribution in [1.29, 1.82) is 0 Å². The quantitative estimate of drug-likeness (QED) is 0.637. The van der Waals surface area contributed by atoms with Gasteiger partial charge < -0.3 is 9.64 Å². The Morgan fingerprint density at radius 2 is 1.67 bits per heavy atom. The summed E-state index contributed by atoms with van der Waals surface area (Å²) in [7, 11) is 0. The average Bonchev–Trinajstić information content (AvgIpc) is 3.22. The number of carbonyl (C=O) groups excluding carboxylic acids is 1. The van der Waals surface area contributed by atoms with Gasteiger partial charge in [-0.05, 0) is 17.7 Å². The van der Waals surface area contributed by atoms with Crippen molar-refractivity contribution in [3.63, 3.8) is 0 Å². The van der Waals surface area contributed by atoms with E-state index in [2.05, 4.69) is 10.2 Å². The van der Waals surface area contributed by atoms with Crippen molar-refractivity contribution >= 4 is 17.7 Å². The predicted molar refractivity (Wildman–Crippen MR) is 104 cm³/mol. The Balaban J connectivity index is 1.64. The van der Waals surface area contributed by atoms with Crippen LogP contribution in [-0.2, 0) is 9.53 Å². The molecule has 27 heavy (non-hydrogen) atoms. The lowest BCUT2D eigenvalue weighted by Gasteiger charge is -2.30. The first-order chi connectivity index (χ1) is 13.3. The zero-order chi connectivity index (χ0) is 18.5. The molecule has 0 N–H and O–H groups in total. The summed E-state index contributed by atoms with van der Waals surface area (Å²) in [5, 5.41) is 8.64. The van der Waals surface area contributed by atoms with Crippen LogP contribution in [-0.4, -0.2) is 51.9 Å². The first-order valence-corrected chi connectivity index (χ1v) is 9.74. The average molecular weight is 380 g/mol. The summed E-state index contributed by atoms with van der Waals surface area (Å²) in [5.74, 6) is 0.0807. The summed E-state index contributed by atoms with van der Waals surface area (Å²) in [5.41, 5.74) is 1.93. The minimum Gasteiger partial charge on any atom is -0.378 e. The fourth-order valence-corrected chi connectivity index (χ4v) is 4.13. The molecular formula is C20H20N4O2S. The van der Waals surface area contributed by atoms with Gasteiger partial charge in [-0.1, -0.05) is 60.3 Å². The van der Waals surface area contributed by atoms with Crippen LogP contribution < -0.4 is 0 Å². The van der Waals surface area contributed by atoms with E-state index in [1.807, 2.05) is 70.1 Å². The second-order valence-corrected chi connectivity index (χ2v) is 7.24. The van der Waals surface area contributed by atoms with Crippen molar-refractivity contribution in [1.82, 2.24) is 19.7 Å². The highest BCUT2D eigenvalue weighted by atomic mass is 32.2. The van der Waals surface area contributed by atoms with Crippen LogP contribution in [0.15, 0.2) is 72.1 Å². The van der Waals surface area contributed by atoms with Crippen molar-refractivity contribution in [3.05, 3.63) is 72.6 Å². The fourth-order valence-electron chi connectivity index (χ4n) is 3.01. The number of nitrogens with zero attached hydrogens (tertiary/aromatic N) is 4. The number of morpholine rings is 1. The Morgan fingerprint density at radius 1 is 1.00 bits per heavy atom. The van der Waals surface area contributed by atoms with Gasteiger partial charge in [0.2, 0.25) is 5.91 Å². The van der Waals surface area contributed by atoms with Crippen LogP contribution in [0.25, 0.3) is 5.69 Å². The van der Waals surface area contributed by atoms with E-state index in [4.69, 9.17) is 4.74 Å². The molecule has 1 unspecified atom stereocenters. The smallest absolute Gasteiger partial charge is 0.240 e. The van der Waals surface area contributed by atoms with Gasteiger partial charge in [0.25, 0.3) is 0 Å². The first kappa shape index (κ1) is 17.8. The number of hydrogen-bond acceptors (Lipinski definition) is 5. The molecule has 2 heterocycles. The van der Waals surface area contributed by atoms with Crippen molar-refractivity contribution in [2.24, 2.45) is 0 Å². The number of benzene rings is 2. The maximum Gasteiger partial charge on any atom is 0.240 e. The summed E-state index contributed by atoms with van der Waals surface area (Å²) in [6, 6.07) is 19.7. The van der Waals surface area contributed by atoms with Crippen LogP contribution in [0.5, 0.6) is 0 Å². The second kappa shape index (κ2) is 8.37. The van der Waals surface area contributed by atoms with Crippen LogP contribution in [0.3, 0.4) is 0 Å². The Kier molecular flexibility index (Phi) is 5.50. The standard InChI is InChI=1S/C20H20N4O2S/c25-19(23-11-13-26-14-12-23)18(16-7-3-1-4-8-16)27-20-22-21-15-24(20)17-9-5-2-6-10-17/h1-10,15,18H,11-14H2. The molecule has 7 heteroatoms. The molecule has 0 saturated carbocycles. The van der Waals surface area contributed by atoms with Gasteiger partial charge in [-0.2, -0.15) is 0 Å². The van der Waals surface area contributed by atoms with Gasteiger partial charge in [0.1, 0.15) is 11.6 Å². The van der Waals surface area contributed by atoms with E-state index in [1.54, 1.807) is 6.33 Å². The molecule has 1 atom stereocenters. The highest BCUT2D eigenvalue weighted by Gasteiger charge is 2.29. The summed E-state index contributed by atoms with van der Waals surface area (Å²) >= 11 is 1.43.